The van der Waals surface area contributed by atoms with Crippen LogP contribution in [0.1, 0.15) is 0 Å². The molecule has 0 saturated heterocycles. The van der Waals surface area contributed by atoms with E-state index in [1.165, 1.54) is 0 Å². The minimum Gasteiger partial charge on any atom is -0.397 e. The van der Waals surface area contributed by atoms with E-state index in [-0.39, 0.29) is 0 Å². The summed E-state index contributed by atoms with van der Waals surface area (Å²) in [5, 5.41) is 1.10. The maximum Gasteiger partial charge on any atom is 0.0574 e. The van der Waals surface area contributed by atoms with Gasteiger partial charge in [-0.2, -0.15) is 0 Å². The van der Waals surface area contributed by atoms with Crippen molar-refractivity contribution in [1.82, 2.24) is 4.57 Å². The Morgan fingerprint density at radius 1 is 1.42 bits per heavy atom. The van der Waals surface area contributed by atoms with Gasteiger partial charge in [-0.3, -0.25) is 0 Å². The Kier molecular flexibility index (Phi) is 1.61. The van der Waals surface area contributed by atoms with E-state index in [4.69, 9.17) is 5.73 Å². The molecule has 1 aromatic heterocycles. The van der Waals surface area contributed by atoms with Gasteiger partial charge in [-0.15, -0.1) is 0 Å². The lowest BCUT2D eigenvalue weighted by atomic mass is 10.2. The first-order valence-electron chi connectivity index (χ1n) is 3.68. The van der Waals surface area contributed by atoms with Crippen molar-refractivity contribution in [1.29, 1.82) is 0 Å². The lowest BCUT2D eigenvalue weighted by molar-refractivity contribution is 0.970. The molecule has 0 amide bonds. The van der Waals surface area contributed by atoms with Crippen molar-refractivity contribution in [3.63, 3.8) is 0 Å². The molecule has 62 valence electrons. The third kappa shape index (κ3) is 1.01. The van der Waals surface area contributed by atoms with E-state index < -0.39 is 0 Å². The van der Waals surface area contributed by atoms with Crippen LogP contribution >= 0.6 is 15.9 Å². The SMILES string of the molecule is Cn1cc(N)c2cc(Br)ccc21. The molecule has 0 saturated carbocycles. The maximum absolute atomic E-state index is 5.80. The summed E-state index contributed by atoms with van der Waals surface area (Å²) in [5.74, 6) is 0. The van der Waals surface area contributed by atoms with Crippen molar-refractivity contribution in [2.45, 2.75) is 0 Å². The van der Waals surface area contributed by atoms with Crippen molar-refractivity contribution >= 4 is 32.5 Å². The van der Waals surface area contributed by atoms with Crippen LogP contribution in [-0.4, -0.2) is 4.57 Å². The Morgan fingerprint density at radius 3 is 2.92 bits per heavy atom. The number of rotatable bonds is 0. The Morgan fingerprint density at radius 2 is 2.17 bits per heavy atom. The predicted molar refractivity (Wildman–Crippen MR) is 55.0 cm³/mol. The first kappa shape index (κ1) is 7.68. The van der Waals surface area contributed by atoms with E-state index in [0.29, 0.717) is 0 Å². The largest absolute Gasteiger partial charge is 0.397 e. The van der Waals surface area contributed by atoms with Gasteiger partial charge < -0.3 is 10.3 Å². The molecule has 0 aliphatic rings. The standard InChI is InChI=1S/C9H9BrN2/c1-12-5-8(11)7-4-6(10)2-3-9(7)12/h2-5H,11H2,1H3. The smallest absolute Gasteiger partial charge is 0.0574 e. The van der Waals surface area contributed by atoms with Crippen LogP contribution < -0.4 is 5.73 Å². The van der Waals surface area contributed by atoms with Crippen molar-refractivity contribution < 1.29 is 0 Å². The fraction of sp³-hybridized carbons (Fsp3) is 0.111. The number of hydrogen-bond donors (Lipinski definition) is 1. The van der Waals surface area contributed by atoms with E-state index in [9.17, 15) is 0 Å². The molecular formula is C9H9BrN2. The molecule has 0 aliphatic carbocycles. The van der Waals surface area contributed by atoms with Gasteiger partial charge in [-0.25, -0.2) is 0 Å². The number of aryl methyl sites for hydroxylation is 1. The van der Waals surface area contributed by atoms with Gasteiger partial charge in [0.05, 0.1) is 5.69 Å². The lowest BCUT2D eigenvalue weighted by Gasteiger charge is -1.95. The highest BCUT2D eigenvalue weighted by Crippen LogP contribution is 2.25. The number of halogens is 1. The quantitative estimate of drug-likeness (QED) is 0.733. The van der Waals surface area contributed by atoms with Crippen molar-refractivity contribution in [2.75, 3.05) is 5.73 Å². The molecule has 1 heterocycles. The summed E-state index contributed by atoms with van der Waals surface area (Å²) in [7, 11) is 1.99. The molecule has 2 aromatic rings. The summed E-state index contributed by atoms with van der Waals surface area (Å²) < 4.78 is 3.09. The predicted octanol–water partition coefficient (Wildman–Crippen LogP) is 2.52. The Labute approximate surface area is 79.1 Å². The fourth-order valence-electron chi connectivity index (χ4n) is 1.39. The molecule has 0 bridgehead atoms. The zero-order chi connectivity index (χ0) is 8.72. The molecule has 0 aliphatic heterocycles. The van der Waals surface area contributed by atoms with Gasteiger partial charge in [0.15, 0.2) is 0 Å². The van der Waals surface area contributed by atoms with Crippen LogP contribution in [0.25, 0.3) is 10.9 Å². The highest BCUT2D eigenvalue weighted by Gasteiger charge is 2.02. The van der Waals surface area contributed by atoms with Crippen LogP contribution in [0.4, 0.5) is 5.69 Å². The van der Waals surface area contributed by atoms with Gasteiger partial charge in [-0.1, -0.05) is 15.9 Å². The molecule has 0 spiro atoms. The van der Waals surface area contributed by atoms with Gasteiger partial charge in [0.1, 0.15) is 0 Å². The van der Waals surface area contributed by atoms with Crippen LogP contribution in [-0.2, 0) is 7.05 Å². The molecule has 0 atom stereocenters. The summed E-state index contributed by atoms with van der Waals surface area (Å²) in [6, 6.07) is 6.10. The van der Waals surface area contributed by atoms with Gasteiger partial charge >= 0.3 is 0 Å². The number of aromatic nitrogens is 1. The Balaban J connectivity index is 2.90. The number of nitrogens with zero attached hydrogens (tertiary/aromatic N) is 1. The molecule has 0 fully saturated rings. The third-order valence-electron chi connectivity index (χ3n) is 1.98. The lowest BCUT2D eigenvalue weighted by Crippen LogP contribution is -1.82. The van der Waals surface area contributed by atoms with Gasteiger partial charge in [0.25, 0.3) is 0 Å². The fourth-order valence-corrected chi connectivity index (χ4v) is 1.76. The molecule has 0 unspecified atom stereocenters. The second kappa shape index (κ2) is 2.52. The van der Waals surface area contributed by atoms with E-state index in [1.807, 2.05) is 29.9 Å². The number of hydrogen-bond acceptors (Lipinski definition) is 1. The van der Waals surface area contributed by atoms with Gasteiger partial charge in [-0.05, 0) is 18.2 Å². The highest BCUT2D eigenvalue weighted by molar-refractivity contribution is 9.10. The van der Waals surface area contributed by atoms with Crippen LogP contribution in [0.2, 0.25) is 0 Å². The van der Waals surface area contributed by atoms with E-state index in [2.05, 4.69) is 22.0 Å². The minimum absolute atomic E-state index is 0.828. The number of nitrogens with two attached hydrogens (primary N) is 1. The molecule has 0 radical (unpaired) electrons. The first-order chi connectivity index (χ1) is 5.68. The van der Waals surface area contributed by atoms with E-state index >= 15 is 0 Å². The normalized spacial score (nSPS) is 10.8. The second-order valence-corrected chi connectivity index (χ2v) is 3.77. The Bertz CT molecular complexity index is 431. The zero-order valence-electron chi connectivity index (χ0n) is 6.71. The molecule has 2 N–H and O–H groups in total. The highest BCUT2D eigenvalue weighted by atomic mass is 79.9. The molecule has 2 rings (SSSR count). The van der Waals surface area contributed by atoms with E-state index in [0.717, 1.165) is 21.1 Å². The zero-order valence-corrected chi connectivity index (χ0v) is 8.30. The number of benzene rings is 1. The van der Waals surface area contributed by atoms with Crippen molar-refractivity contribution in [2.24, 2.45) is 7.05 Å². The molecule has 1 aromatic carbocycles. The topological polar surface area (TPSA) is 30.9 Å². The molecule has 3 heteroatoms. The van der Waals surface area contributed by atoms with Crippen molar-refractivity contribution in [3.8, 4) is 0 Å². The first-order valence-corrected chi connectivity index (χ1v) is 4.48. The van der Waals surface area contributed by atoms with Crippen LogP contribution in [0.5, 0.6) is 0 Å². The van der Waals surface area contributed by atoms with Crippen molar-refractivity contribution in [3.05, 3.63) is 28.9 Å². The Hall–Kier alpha value is -0.960. The summed E-state index contributed by atoms with van der Waals surface area (Å²) in [6.45, 7) is 0. The molecular weight excluding hydrogens is 216 g/mol. The number of nitrogen functional groups attached to an aromatic ring is 1. The van der Waals surface area contributed by atoms with Gasteiger partial charge in [0.2, 0.25) is 0 Å². The van der Waals surface area contributed by atoms with E-state index in [1.54, 1.807) is 0 Å². The summed E-state index contributed by atoms with van der Waals surface area (Å²) in [6.07, 6.45) is 1.93. The minimum atomic E-state index is 0.828. The van der Waals surface area contributed by atoms with Crippen LogP contribution in [0.15, 0.2) is 28.9 Å². The molecule has 12 heavy (non-hydrogen) atoms. The van der Waals surface area contributed by atoms with Crippen LogP contribution in [0, 0.1) is 0 Å². The summed E-state index contributed by atoms with van der Waals surface area (Å²) >= 11 is 3.41. The van der Waals surface area contributed by atoms with Crippen LogP contribution in [0.3, 0.4) is 0 Å². The second-order valence-electron chi connectivity index (χ2n) is 2.86. The number of anilines is 1. The monoisotopic (exact) mass is 224 g/mol. The molecule has 2 nitrogen and oxygen atoms in total. The number of fused-ring (bicyclic) bond motifs is 1. The summed E-state index contributed by atoms with van der Waals surface area (Å²) in [4.78, 5) is 0. The van der Waals surface area contributed by atoms with Gasteiger partial charge in [0, 0.05) is 28.6 Å². The maximum atomic E-state index is 5.80. The summed E-state index contributed by atoms with van der Waals surface area (Å²) in [5.41, 5.74) is 7.79. The average molecular weight is 225 g/mol. The average Bonchev–Trinajstić information content (AvgIpc) is 2.28. The third-order valence-corrected chi connectivity index (χ3v) is 2.48.